The number of ether oxygens (including phenoxy) is 3. The van der Waals surface area contributed by atoms with E-state index < -0.39 is 28.0 Å². The fourth-order valence-corrected chi connectivity index (χ4v) is 6.83. The number of H-pyrrole nitrogens is 1. The maximum absolute atomic E-state index is 14.6. The Bertz CT molecular complexity index is 1970. The molecule has 2 atom stereocenters. The zero-order chi connectivity index (χ0) is 33.2. The Labute approximate surface area is 266 Å². The number of anilines is 2. The molecule has 3 N–H and O–H groups in total. The van der Waals surface area contributed by atoms with E-state index >= 15 is 0 Å². The molecule has 0 unspecified atom stereocenters. The van der Waals surface area contributed by atoms with Gasteiger partial charge in [-0.25, -0.2) is 13.2 Å². The molecule has 0 bridgehead atoms. The predicted octanol–water partition coefficient (Wildman–Crippen LogP) is 4.95. The van der Waals surface area contributed by atoms with Crippen LogP contribution in [0.2, 0.25) is 0 Å². The minimum atomic E-state index is -3.70. The molecule has 242 valence electrons. The van der Waals surface area contributed by atoms with Gasteiger partial charge in [-0.1, -0.05) is 12.1 Å². The third kappa shape index (κ3) is 6.50. The molecule has 5 rings (SSSR count). The lowest BCUT2D eigenvalue weighted by Crippen LogP contribution is -2.38. The van der Waals surface area contributed by atoms with E-state index in [1.54, 1.807) is 47.5 Å². The van der Waals surface area contributed by atoms with Gasteiger partial charge >= 0.3 is 6.09 Å². The maximum atomic E-state index is 14.6. The fraction of sp³-hybridized carbons (Fsp3) is 0.303. The molecular weight excluding hydrogens is 612 g/mol. The Morgan fingerprint density at radius 2 is 1.70 bits per heavy atom. The van der Waals surface area contributed by atoms with Crippen molar-refractivity contribution in [3.63, 3.8) is 0 Å². The summed E-state index contributed by atoms with van der Waals surface area (Å²) in [6.07, 6.45) is 3.18. The first-order valence-corrected chi connectivity index (χ1v) is 16.4. The SMILES string of the molecule is COC(=O)Nc1ccc(S(C)(=O)=O)c([C@H]2CCCN2C(=O)[C@H](Nc2ccc3c(C)c[nH]c(=O)c3c2)c2ccc(OC)c(OC)c2)c1. The number of likely N-dealkylation sites (tertiary alicyclic amines) is 1. The van der Waals surface area contributed by atoms with E-state index in [9.17, 15) is 22.8 Å². The average Bonchev–Trinajstić information content (AvgIpc) is 3.54. The van der Waals surface area contributed by atoms with Crippen molar-refractivity contribution >= 4 is 44.0 Å². The van der Waals surface area contributed by atoms with Crippen molar-refractivity contribution in [2.75, 3.05) is 44.8 Å². The van der Waals surface area contributed by atoms with E-state index in [-0.39, 0.29) is 16.4 Å². The Morgan fingerprint density at radius 1 is 0.957 bits per heavy atom. The van der Waals surface area contributed by atoms with Crippen molar-refractivity contribution in [1.29, 1.82) is 0 Å². The Hall–Kier alpha value is -5.04. The third-order valence-electron chi connectivity index (χ3n) is 8.14. The summed E-state index contributed by atoms with van der Waals surface area (Å²) in [4.78, 5) is 43.7. The lowest BCUT2D eigenvalue weighted by Gasteiger charge is -2.31. The van der Waals surface area contributed by atoms with Gasteiger partial charge < -0.3 is 29.4 Å². The van der Waals surface area contributed by atoms with Crippen LogP contribution in [0.4, 0.5) is 16.2 Å². The highest BCUT2D eigenvalue weighted by molar-refractivity contribution is 7.90. The molecule has 4 aromatic rings. The molecule has 2 heterocycles. The van der Waals surface area contributed by atoms with E-state index in [1.165, 1.54) is 33.5 Å². The van der Waals surface area contributed by atoms with Crippen LogP contribution < -0.4 is 25.7 Å². The van der Waals surface area contributed by atoms with Crippen molar-refractivity contribution in [2.45, 2.75) is 36.7 Å². The molecule has 0 spiro atoms. The molecule has 1 aliphatic rings. The number of aromatic amines is 1. The number of methoxy groups -OCH3 is 3. The predicted molar refractivity (Wildman–Crippen MR) is 174 cm³/mol. The van der Waals surface area contributed by atoms with Crippen molar-refractivity contribution < 1.29 is 32.2 Å². The number of carbonyl (C=O) groups is 2. The Morgan fingerprint density at radius 3 is 2.39 bits per heavy atom. The summed E-state index contributed by atoms with van der Waals surface area (Å²) >= 11 is 0. The number of carbonyl (C=O) groups excluding carboxylic acids is 2. The van der Waals surface area contributed by atoms with E-state index in [0.717, 1.165) is 17.2 Å². The first-order chi connectivity index (χ1) is 21.9. The van der Waals surface area contributed by atoms with Crippen LogP contribution in [0.3, 0.4) is 0 Å². The lowest BCUT2D eigenvalue weighted by molar-refractivity contribution is -0.133. The number of nitrogens with zero attached hydrogens (tertiary/aromatic N) is 1. The van der Waals surface area contributed by atoms with Crippen LogP contribution >= 0.6 is 0 Å². The number of hydrogen-bond donors (Lipinski definition) is 3. The van der Waals surface area contributed by atoms with Gasteiger partial charge in [0.2, 0.25) is 5.91 Å². The largest absolute Gasteiger partial charge is 0.493 e. The molecule has 12 nitrogen and oxygen atoms in total. The maximum Gasteiger partial charge on any atom is 0.411 e. The van der Waals surface area contributed by atoms with E-state index in [0.29, 0.717) is 58.8 Å². The van der Waals surface area contributed by atoms with E-state index in [4.69, 9.17) is 14.2 Å². The van der Waals surface area contributed by atoms with Crippen LogP contribution in [0.15, 0.2) is 70.5 Å². The summed E-state index contributed by atoms with van der Waals surface area (Å²) in [7, 11) is 0.552. The molecule has 3 aromatic carbocycles. The number of rotatable bonds is 9. The Kier molecular flexibility index (Phi) is 9.24. The number of aromatic nitrogens is 1. The average molecular weight is 649 g/mol. The summed E-state index contributed by atoms with van der Waals surface area (Å²) in [6.45, 7) is 2.26. The molecule has 0 radical (unpaired) electrons. The summed E-state index contributed by atoms with van der Waals surface area (Å²) < 4.78 is 41.4. The molecule has 0 saturated carbocycles. The van der Waals surface area contributed by atoms with Gasteiger partial charge in [-0.05, 0) is 84.3 Å². The van der Waals surface area contributed by atoms with Crippen molar-refractivity contribution in [1.82, 2.24) is 9.88 Å². The molecule has 46 heavy (non-hydrogen) atoms. The molecule has 1 aliphatic heterocycles. The van der Waals surface area contributed by atoms with Gasteiger partial charge in [-0.3, -0.25) is 14.9 Å². The first kappa shape index (κ1) is 32.4. The van der Waals surface area contributed by atoms with Crippen molar-refractivity contribution in [3.8, 4) is 11.5 Å². The van der Waals surface area contributed by atoms with Gasteiger partial charge in [0, 0.05) is 35.8 Å². The normalized spacial score (nSPS) is 15.3. The van der Waals surface area contributed by atoms with Gasteiger partial charge in [-0.15, -0.1) is 0 Å². The lowest BCUT2D eigenvalue weighted by atomic mass is 10.00. The number of fused-ring (bicyclic) bond motifs is 1. The summed E-state index contributed by atoms with van der Waals surface area (Å²) in [6, 6.07) is 13.4. The fourth-order valence-electron chi connectivity index (χ4n) is 5.89. The van der Waals surface area contributed by atoms with E-state index in [1.807, 2.05) is 13.0 Å². The quantitative estimate of drug-likeness (QED) is 0.229. The third-order valence-corrected chi connectivity index (χ3v) is 9.31. The zero-order valence-electron chi connectivity index (χ0n) is 26.2. The van der Waals surface area contributed by atoms with Crippen LogP contribution in [-0.2, 0) is 19.4 Å². The monoisotopic (exact) mass is 648 g/mol. The number of amides is 2. The van der Waals surface area contributed by atoms with Crippen molar-refractivity contribution in [3.05, 3.63) is 87.8 Å². The summed E-state index contributed by atoms with van der Waals surface area (Å²) in [5, 5.41) is 7.17. The van der Waals surface area contributed by atoms with Gasteiger partial charge in [0.25, 0.3) is 5.56 Å². The highest BCUT2D eigenvalue weighted by Gasteiger charge is 2.37. The minimum absolute atomic E-state index is 0.0624. The standard InChI is InChI=1S/C33H36N4O8S/c1-19-18-34-31(38)24-16-21(9-11-23(19)24)35-30(20-8-12-27(43-2)28(15-20)44-3)32(39)37-14-6-7-26(37)25-17-22(36-33(40)45-4)10-13-29(25)46(5,41)42/h8-13,15-18,26,30,35H,6-7,14H2,1-5H3,(H,34,38)(H,36,40)/t26-,30-/m1/s1. The second-order valence-electron chi connectivity index (χ2n) is 11.1. The van der Waals surface area contributed by atoms with Gasteiger partial charge in [0.1, 0.15) is 6.04 Å². The van der Waals surface area contributed by atoms with Gasteiger partial charge in [0.05, 0.1) is 32.3 Å². The van der Waals surface area contributed by atoms with Crippen LogP contribution in [0.5, 0.6) is 11.5 Å². The second kappa shape index (κ2) is 13.1. The molecular formula is C33H36N4O8S. The van der Waals surface area contributed by atoms with Crippen LogP contribution in [-0.4, -0.2) is 64.4 Å². The van der Waals surface area contributed by atoms with E-state index in [2.05, 4.69) is 15.6 Å². The molecule has 1 aromatic heterocycles. The van der Waals surface area contributed by atoms with Crippen LogP contribution in [0, 0.1) is 6.92 Å². The number of aryl methyl sites for hydroxylation is 1. The molecule has 1 saturated heterocycles. The van der Waals surface area contributed by atoms with Crippen LogP contribution in [0.25, 0.3) is 10.8 Å². The van der Waals surface area contributed by atoms with Gasteiger partial charge in [-0.2, -0.15) is 0 Å². The summed E-state index contributed by atoms with van der Waals surface area (Å²) in [5.41, 5.74) is 2.47. The van der Waals surface area contributed by atoms with Gasteiger partial charge in [0.15, 0.2) is 21.3 Å². The first-order valence-electron chi connectivity index (χ1n) is 14.5. The number of benzene rings is 3. The molecule has 1 fully saturated rings. The number of nitrogens with one attached hydrogen (secondary N) is 3. The molecule has 0 aliphatic carbocycles. The number of sulfone groups is 1. The molecule has 13 heteroatoms. The minimum Gasteiger partial charge on any atom is -0.493 e. The van der Waals surface area contributed by atoms with Crippen LogP contribution in [0.1, 0.15) is 41.6 Å². The Balaban J connectivity index is 1.60. The smallest absolute Gasteiger partial charge is 0.411 e. The number of hydrogen-bond acceptors (Lipinski definition) is 9. The highest BCUT2D eigenvalue weighted by atomic mass is 32.2. The highest BCUT2D eigenvalue weighted by Crippen LogP contribution is 2.40. The molecule has 2 amide bonds. The second-order valence-corrected chi connectivity index (χ2v) is 13.1. The summed E-state index contributed by atoms with van der Waals surface area (Å²) in [5.74, 6) is 0.583. The topological polar surface area (TPSA) is 156 Å². The van der Waals surface area contributed by atoms with Crippen molar-refractivity contribution in [2.24, 2.45) is 0 Å². The number of pyridine rings is 1. The zero-order valence-corrected chi connectivity index (χ0v) is 27.0.